The van der Waals surface area contributed by atoms with Crippen molar-refractivity contribution < 1.29 is 4.79 Å². The molecule has 2 unspecified atom stereocenters. The summed E-state index contributed by atoms with van der Waals surface area (Å²) in [6, 6.07) is 0.390. The van der Waals surface area contributed by atoms with E-state index in [2.05, 4.69) is 12.2 Å². The van der Waals surface area contributed by atoms with E-state index in [-0.39, 0.29) is 5.91 Å². The van der Waals surface area contributed by atoms with Crippen LogP contribution in [0.3, 0.4) is 0 Å². The highest BCUT2D eigenvalue weighted by molar-refractivity contribution is 5.77. The van der Waals surface area contributed by atoms with Crippen molar-refractivity contribution in [3.8, 4) is 0 Å². The molecule has 0 saturated carbocycles. The smallest absolute Gasteiger partial charge is 0.220 e. The lowest BCUT2D eigenvalue weighted by atomic mass is 9.95. The van der Waals surface area contributed by atoms with Gasteiger partial charge in [0.2, 0.25) is 5.91 Å². The highest BCUT2D eigenvalue weighted by atomic mass is 16.1. The molecule has 1 aliphatic rings. The predicted octanol–water partition coefficient (Wildman–Crippen LogP) is 0.921. The molecule has 1 fully saturated rings. The molecule has 0 radical (unpaired) electrons. The molecule has 2 atom stereocenters. The summed E-state index contributed by atoms with van der Waals surface area (Å²) in [6.45, 7) is 4.17. The lowest BCUT2D eigenvalue weighted by molar-refractivity contribution is -0.124. The number of rotatable bonds is 0. The lowest BCUT2D eigenvalue weighted by Crippen LogP contribution is -2.39. The third-order valence-electron chi connectivity index (χ3n) is 1.70. The van der Waals surface area contributed by atoms with Crippen LogP contribution >= 0.6 is 0 Å². The average Bonchev–Trinajstić information content (AvgIpc) is 1.59. The first-order chi connectivity index (χ1) is 4.18. The Labute approximate surface area is 55.6 Å². The Morgan fingerprint density at radius 3 is 2.67 bits per heavy atom. The molecule has 0 aromatic heterocycles. The molecule has 0 bridgehead atoms. The molecule has 1 saturated heterocycles. The summed E-state index contributed by atoms with van der Waals surface area (Å²) in [5.74, 6) is 0.787. The quantitative estimate of drug-likeness (QED) is 0.515. The largest absolute Gasteiger partial charge is 0.354 e. The minimum Gasteiger partial charge on any atom is -0.354 e. The maximum absolute atomic E-state index is 10.8. The molecule has 1 amide bonds. The van der Waals surface area contributed by atoms with Crippen LogP contribution in [0.25, 0.3) is 0 Å². The van der Waals surface area contributed by atoms with Gasteiger partial charge in [-0.1, -0.05) is 6.92 Å². The van der Waals surface area contributed by atoms with E-state index in [1.807, 2.05) is 6.92 Å². The van der Waals surface area contributed by atoms with E-state index in [1.165, 1.54) is 0 Å². The highest BCUT2D eigenvalue weighted by Gasteiger charge is 2.19. The monoisotopic (exact) mass is 127 g/mol. The maximum Gasteiger partial charge on any atom is 0.220 e. The Morgan fingerprint density at radius 1 is 1.56 bits per heavy atom. The van der Waals surface area contributed by atoms with Crippen LogP contribution in [0.15, 0.2) is 0 Å². The Bertz CT molecular complexity index is 110. The molecule has 52 valence electrons. The van der Waals surface area contributed by atoms with Crippen LogP contribution in [0, 0.1) is 5.92 Å². The van der Waals surface area contributed by atoms with Gasteiger partial charge >= 0.3 is 0 Å². The summed E-state index contributed by atoms with van der Waals surface area (Å²) in [6.07, 6.45) is 1.84. The van der Waals surface area contributed by atoms with E-state index < -0.39 is 0 Å². The SMILES string of the molecule is CC1CC(=O)NC(C)C1. The summed E-state index contributed by atoms with van der Waals surface area (Å²) in [5.41, 5.74) is 0. The molecule has 1 rings (SSSR count). The second kappa shape index (κ2) is 2.38. The van der Waals surface area contributed by atoms with Gasteiger partial charge in [0.1, 0.15) is 0 Å². The van der Waals surface area contributed by atoms with Crippen LogP contribution in [0.2, 0.25) is 0 Å². The number of amides is 1. The Hall–Kier alpha value is -0.530. The first-order valence-corrected chi connectivity index (χ1v) is 3.48. The van der Waals surface area contributed by atoms with E-state index in [1.54, 1.807) is 0 Å². The van der Waals surface area contributed by atoms with Gasteiger partial charge in [-0.2, -0.15) is 0 Å². The van der Waals surface area contributed by atoms with Crippen LogP contribution in [-0.4, -0.2) is 11.9 Å². The van der Waals surface area contributed by atoms with Gasteiger partial charge in [-0.25, -0.2) is 0 Å². The van der Waals surface area contributed by atoms with Gasteiger partial charge in [0.25, 0.3) is 0 Å². The normalized spacial score (nSPS) is 36.0. The molecule has 0 aromatic rings. The number of nitrogens with one attached hydrogen (secondary N) is 1. The van der Waals surface area contributed by atoms with Crippen molar-refractivity contribution in [3.05, 3.63) is 0 Å². The zero-order valence-electron chi connectivity index (χ0n) is 5.98. The van der Waals surface area contributed by atoms with E-state index in [0.717, 1.165) is 6.42 Å². The second-order valence-electron chi connectivity index (χ2n) is 3.01. The molecular weight excluding hydrogens is 114 g/mol. The summed E-state index contributed by atoms with van der Waals surface area (Å²) in [4.78, 5) is 10.8. The van der Waals surface area contributed by atoms with E-state index in [4.69, 9.17) is 0 Å². The van der Waals surface area contributed by atoms with Gasteiger partial charge in [-0.15, -0.1) is 0 Å². The summed E-state index contributed by atoms with van der Waals surface area (Å²) in [7, 11) is 0. The third-order valence-corrected chi connectivity index (χ3v) is 1.70. The lowest BCUT2D eigenvalue weighted by Gasteiger charge is -2.24. The van der Waals surface area contributed by atoms with Crippen LogP contribution in [0.1, 0.15) is 26.7 Å². The molecule has 1 heterocycles. The van der Waals surface area contributed by atoms with Gasteiger partial charge in [0.05, 0.1) is 0 Å². The Kier molecular flexibility index (Phi) is 1.74. The summed E-state index contributed by atoms with van der Waals surface area (Å²) < 4.78 is 0. The van der Waals surface area contributed by atoms with Gasteiger partial charge in [0.15, 0.2) is 0 Å². The van der Waals surface area contributed by atoms with Crippen molar-refractivity contribution in [2.75, 3.05) is 0 Å². The van der Waals surface area contributed by atoms with Gasteiger partial charge in [-0.05, 0) is 19.3 Å². The molecule has 0 aliphatic carbocycles. The third kappa shape index (κ3) is 1.70. The van der Waals surface area contributed by atoms with Crippen molar-refractivity contribution in [1.29, 1.82) is 0 Å². The van der Waals surface area contributed by atoms with Gasteiger partial charge in [0, 0.05) is 12.5 Å². The molecule has 9 heavy (non-hydrogen) atoms. The van der Waals surface area contributed by atoms with Crippen LogP contribution in [0.5, 0.6) is 0 Å². The number of piperidine rings is 1. The summed E-state index contributed by atoms with van der Waals surface area (Å²) in [5, 5.41) is 2.87. The number of hydrogen-bond donors (Lipinski definition) is 1. The van der Waals surface area contributed by atoms with Crippen molar-refractivity contribution in [2.24, 2.45) is 5.92 Å². The molecule has 1 N–H and O–H groups in total. The van der Waals surface area contributed by atoms with Crippen LogP contribution in [-0.2, 0) is 4.79 Å². The number of carbonyl (C=O) groups excluding carboxylic acids is 1. The minimum atomic E-state index is 0.209. The second-order valence-corrected chi connectivity index (χ2v) is 3.01. The minimum absolute atomic E-state index is 0.209. The zero-order chi connectivity index (χ0) is 6.85. The average molecular weight is 127 g/mol. The first-order valence-electron chi connectivity index (χ1n) is 3.48. The van der Waals surface area contributed by atoms with Gasteiger partial charge in [-0.3, -0.25) is 4.79 Å². The fourth-order valence-electron chi connectivity index (χ4n) is 1.40. The van der Waals surface area contributed by atoms with Crippen molar-refractivity contribution in [2.45, 2.75) is 32.7 Å². The zero-order valence-corrected chi connectivity index (χ0v) is 5.98. The van der Waals surface area contributed by atoms with Gasteiger partial charge < -0.3 is 5.32 Å². The fraction of sp³-hybridized carbons (Fsp3) is 0.857. The van der Waals surface area contributed by atoms with Crippen LogP contribution in [0.4, 0.5) is 0 Å². The first kappa shape index (κ1) is 6.59. The molecule has 2 heteroatoms. The fourth-order valence-corrected chi connectivity index (χ4v) is 1.40. The van der Waals surface area contributed by atoms with Crippen LogP contribution < -0.4 is 5.32 Å². The van der Waals surface area contributed by atoms with Crippen molar-refractivity contribution in [1.82, 2.24) is 5.32 Å². The standard InChI is InChI=1S/C7H13NO/c1-5-3-6(2)8-7(9)4-5/h5-6H,3-4H2,1-2H3,(H,8,9). The molecule has 0 spiro atoms. The number of carbonyl (C=O) groups is 1. The van der Waals surface area contributed by atoms with E-state index in [0.29, 0.717) is 18.4 Å². The van der Waals surface area contributed by atoms with Crippen molar-refractivity contribution >= 4 is 5.91 Å². The topological polar surface area (TPSA) is 29.1 Å². The Balaban J connectivity index is 2.43. The summed E-state index contributed by atoms with van der Waals surface area (Å²) >= 11 is 0. The molecule has 2 nitrogen and oxygen atoms in total. The molecular formula is C7H13NO. The molecule has 1 aliphatic heterocycles. The van der Waals surface area contributed by atoms with E-state index >= 15 is 0 Å². The highest BCUT2D eigenvalue weighted by Crippen LogP contribution is 2.14. The predicted molar refractivity (Wildman–Crippen MR) is 36.0 cm³/mol. The van der Waals surface area contributed by atoms with E-state index in [9.17, 15) is 4.79 Å². The maximum atomic E-state index is 10.8. The molecule has 0 aromatic carbocycles. The Morgan fingerprint density at radius 2 is 2.22 bits per heavy atom. The van der Waals surface area contributed by atoms with Crippen molar-refractivity contribution in [3.63, 3.8) is 0 Å². The number of hydrogen-bond acceptors (Lipinski definition) is 1.